The summed E-state index contributed by atoms with van der Waals surface area (Å²) in [4.78, 5) is 14.9. The van der Waals surface area contributed by atoms with E-state index in [1.807, 2.05) is 37.3 Å². The third-order valence-electron chi connectivity index (χ3n) is 4.43. The number of morpholine rings is 1. The zero-order chi connectivity index (χ0) is 16.4. The molecule has 1 fully saturated rings. The first-order valence-electron chi connectivity index (χ1n) is 8.13. The predicted octanol–water partition coefficient (Wildman–Crippen LogP) is 3.28. The van der Waals surface area contributed by atoms with Gasteiger partial charge < -0.3 is 10.1 Å². The molecule has 0 spiro atoms. The number of nitrogens with zero attached hydrogens (tertiary/aromatic N) is 1. The number of hydrogen-bond acceptors (Lipinski definition) is 3. The number of anilines is 1. The lowest BCUT2D eigenvalue weighted by Crippen LogP contribution is -2.54. The Balaban J connectivity index is 1.75. The summed E-state index contributed by atoms with van der Waals surface area (Å²) in [7, 11) is 0. The van der Waals surface area contributed by atoms with Crippen molar-refractivity contribution in [1.29, 1.82) is 0 Å². The van der Waals surface area contributed by atoms with Gasteiger partial charge in [0.2, 0.25) is 5.91 Å². The van der Waals surface area contributed by atoms with E-state index < -0.39 is 0 Å². The molecule has 122 valence electrons. The van der Waals surface area contributed by atoms with Gasteiger partial charge in [-0.1, -0.05) is 36.4 Å². The second-order valence-corrected chi connectivity index (χ2v) is 6.77. The largest absolute Gasteiger partial charge is 0.373 e. The van der Waals surface area contributed by atoms with Crippen molar-refractivity contribution in [2.45, 2.75) is 32.4 Å². The van der Waals surface area contributed by atoms with Gasteiger partial charge in [0, 0.05) is 24.2 Å². The van der Waals surface area contributed by atoms with Crippen LogP contribution in [0.1, 0.15) is 20.8 Å². The highest BCUT2D eigenvalue weighted by atomic mass is 16.5. The normalized spacial score (nSPS) is 19.4. The molecule has 1 aliphatic heterocycles. The minimum atomic E-state index is -0.202. The van der Waals surface area contributed by atoms with Crippen LogP contribution in [0.15, 0.2) is 42.5 Å². The summed E-state index contributed by atoms with van der Waals surface area (Å²) in [5, 5.41) is 5.29. The van der Waals surface area contributed by atoms with Crippen LogP contribution in [-0.2, 0) is 9.53 Å². The van der Waals surface area contributed by atoms with Crippen molar-refractivity contribution in [3.05, 3.63) is 42.5 Å². The molecule has 0 bridgehead atoms. The molecule has 4 heteroatoms. The average Bonchev–Trinajstić information content (AvgIpc) is 2.53. The Labute approximate surface area is 137 Å². The van der Waals surface area contributed by atoms with Crippen LogP contribution in [0.3, 0.4) is 0 Å². The van der Waals surface area contributed by atoms with Crippen molar-refractivity contribution in [3.63, 3.8) is 0 Å². The highest BCUT2D eigenvalue weighted by Crippen LogP contribution is 2.24. The lowest BCUT2D eigenvalue weighted by molar-refractivity contribution is -0.129. The van der Waals surface area contributed by atoms with Crippen LogP contribution in [0.4, 0.5) is 5.69 Å². The number of ether oxygens (including phenoxy) is 1. The zero-order valence-electron chi connectivity index (χ0n) is 14.0. The Bertz CT molecular complexity index is 706. The van der Waals surface area contributed by atoms with E-state index in [9.17, 15) is 4.79 Å². The van der Waals surface area contributed by atoms with Gasteiger partial charge in [0.15, 0.2) is 0 Å². The molecule has 1 atom stereocenters. The molecule has 2 aromatic carbocycles. The lowest BCUT2D eigenvalue weighted by atomic mass is 10.1. The maximum Gasteiger partial charge on any atom is 0.241 e. The SMILES string of the molecule is CC(C(=O)Nc1cccc2ccccc12)N1CCOC(C)(C)C1. The summed E-state index contributed by atoms with van der Waals surface area (Å²) in [6, 6.07) is 13.9. The summed E-state index contributed by atoms with van der Waals surface area (Å²) < 4.78 is 5.73. The Kier molecular flexibility index (Phi) is 4.37. The van der Waals surface area contributed by atoms with Crippen LogP contribution in [-0.4, -0.2) is 42.1 Å². The van der Waals surface area contributed by atoms with Crippen LogP contribution in [0, 0.1) is 0 Å². The molecule has 1 amide bonds. The molecule has 0 radical (unpaired) electrons. The van der Waals surface area contributed by atoms with Gasteiger partial charge in [0.1, 0.15) is 0 Å². The van der Waals surface area contributed by atoms with E-state index in [0.29, 0.717) is 6.61 Å². The third-order valence-corrected chi connectivity index (χ3v) is 4.43. The van der Waals surface area contributed by atoms with Gasteiger partial charge >= 0.3 is 0 Å². The number of rotatable bonds is 3. The molecule has 3 rings (SSSR count). The summed E-state index contributed by atoms with van der Waals surface area (Å²) in [5.74, 6) is 0.0269. The minimum absolute atomic E-state index is 0.0269. The Morgan fingerprint density at radius 1 is 1.22 bits per heavy atom. The summed E-state index contributed by atoms with van der Waals surface area (Å²) >= 11 is 0. The molecule has 4 nitrogen and oxygen atoms in total. The molecule has 1 unspecified atom stereocenters. The molecule has 1 heterocycles. The summed E-state index contributed by atoms with van der Waals surface area (Å²) in [6.45, 7) is 8.30. The summed E-state index contributed by atoms with van der Waals surface area (Å²) in [6.07, 6.45) is 0. The Morgan fingerprint density at radius 3 is 2.74 bits per heavy atom. The van der Waals surface area contributed by atoms with Crippen LogP contribution in [0.25, 0.3) is 10.8 Å². The van der Waals surface area contributed by atoms with Crippen LogP contribution < -0.4 is 5.32 Å². The van der Waals surface area contributed by atoms with Crippen molar-refractivity contribution in [3.8, 4) is 0 Å². The van der Waals surface area contributed by atoms with E-state index in [2.05, 4.69) is 36.2 Å². The first-order chi connectivity index (χ1) is 11.0. The molecular weight excluding hydrogens is 288 g/mol. The number of fused-ring (bicyclic) bond motifs is 1. The van der Waals surface area contributed by atoms with E-state index in [1.54, 1.807) is 0 Å². The number of benzene rings is 2. The quantitative estimate of drug-likeness (QED) is 0.945. The fourth-order valence-electron chi connectivity index (χ4n) is 3.12. The average molecular weight is 312 g/mol. The zero-order valence-corrected chi connectivity index (χ0v) is 14.0. The van der Waals surface area contributed by atoms with Gasteiger partial charge in [0.25, 0.3) is 0 Å². The van der Waals surface area contributed by atoms with Gasteiger partial charge in [-0.15, -0.1) is 0 Å². The topological polar surface area (TPSA) is 41.6 Å². The Hall–Kier alpha value is -1.91. The molecule has 0 saturated carbocycles. The number of hydrogen-bond donors (Lipinski definition) is 1. The smallest absolute Gasteiger partial charge is 0.241 e. The molecule has 23 heavy (non-hydrogen) atoms. The van der Waals surface area contributed by atoms with Crippen molar-refractivity contribution >= 4 is 22.4 Å². The van der Waals surface area contributed by atoms with E-state index in [1.165, 1.54) is 0 Å². The second-order valence-electron chi connectivity index (χ2n) is 6.77. The van der Waals surface area contributed by atoms with E-state index in [4.69, 9.17) is 4.74 Å². The standard InChI is InChI=1S/C19H24N2O2/c1-14(21-11-12-23-19(2,3)13-21)18(22)20-17-10-6-8-15-7-4-5-9-16(15)17/h4-10,14H,11-13H2,1-3H3,(H,20,22). The highest BCUT2D eigenvalue weighted by Gasteiger charge is 2.32. The van der Waals surface area contributed by atoms with E-state index in [-0.39, 0.29) is 17.6 Å². The molecule has 0 aromatic heterocycles. The molecule has 1 aliphatic rings. The van der Waals surface area contributed by atoms with Crippen molar-refractivity contribution in [2.75, 3.05) is 25.0 Å². The lowest BCUT2D eigenvalue weighted by Gasteiger charge is -2.40. The first-order valence-corrected chi connectivity index (χ1v) is 8.13. The van der Waals surface area contributed by atoms with Gasteiger partial charge in [-0.05, 0) is 32.2 Å². The number of amides is 1. The minimum Gasteiger partial charge on any atom is -0.373 e. The number of carbonyl (C=O) groups excluding carboxylic acids is 1. The maximum absolute atomic E-state index is 12.7. The number of carbonyl (C=O) groups is 1. The monoisotopic (exact) mass is 312 g/mol. The van der Waals surface area contributed by atoms with Crippen LogP contribution in [0.2, 0.25) is 0 Å². The Morgan fingerprint density at radius 2 is 1.96 bits per heavy atom. The molecular formula is C19H24N2O2. The summed E-state index contributed by atoms with van der Waals surface area (Å²) in [5.41, 5.74) is 0.666. The van der Waals surface area contributed by atoms with Gasteiger partial charge in [-0.2, -0.15) is 0 Å². The van der Waals surface area contributed by atoms with E-state index >= 15 is 0 Å². The van der Waals surface area contributed by atoms with Crippen molar-refractivity contribution in [2.24, 2.45) is 0 Å². The molecule has 2 aromatic rings. The predicted molar refractivity (Wildman–Crippen MR) is 93.6 cm³/mol. The molecule has 1 N–H and O–H groups in total. The van der Waals surface area contributed by atoms with E-state index in [0.717, 1.165) is 29.5 Å². The van der Waals surface area contributed by atoms with Crippen LogP contribution >= 0.6 is 0 Å². The fourth-order valence-corrected chi connectivity index (χ4v) is 3.12. The first kappa shape index (κ1) is 16.0. The number of nitrogens with one attached hydrogen (secondary N) is 1. The fraction of sp³-hybridized carbons (Fsp3) is 0.421. The highest BCUT2D eigenvalue weighted by molar-refractivity contribution is 6.03. The van der Waals surface area contributed by atoms with Crippen molar-refractivity contribution in [1.82, 2.24) is 4.90 Å². The molecule has 0 aliphatic carbocycles. The van der Waals surface area contributed by atoms with Crippen LogP contribution in [0.5, 0.6) is 0 Å². The third kappa shape index (κ3) is 3.54. The second kappa shape index (κ2) is 6.30. The van der Waals surface area contributed by atoms with Crippen molar-refractivity contribution < 1.29 is 9.53 Å². The van der Waals surface area contributed by atoms with Gasteiger partial charge in [-0.25, -0.2) is 0 Å². The molecule has 1 saturated heterocycles. The van der Waals surface area contributed by atoms with Gasteiger partial charge in [0.05, 0.1) is 18.2 Å². The van der Waals surface area contributed by atoms with Gasteiger partial charge in [-0.3, -0.25) is 9.69 Å². The maximum atomic E-state index is 12.7.